The lowest BCUT2D eigenvalue weighted by molar-refractivity contribution is 0.575. The summed E-state index contributed by atoms with van der Waals surface area (Å²) in [5.74, 6) is -3.35. The van der Waals surface area contributed by atoms with Crippen LogP contribution in [-0.4, -0.2) is 0 Å². The van der Waals surface area contributed by atoms with Crippen LogP contribution in [0.25, 0.3) is 4.85 Å². The van der Waals surface area contributed by atoms with Crippen LogP contribution in [0.2, 0.25) is 0 Å². The normalized spacial score (nSPS) is 11.0. The monoisotopic (exact) mass is 114 g/mol. The van der Waals surface area contributed by atoms with Crippen molar-refractivity contribution in [2.24, 2.45) is 0 Å². The van der Waals surface area contributed by atoms with E-state index in [1.807, 2.05) is 4.85 Å². The van der Waals surface area contributed by atoms with Crippen molar-refractivity contribution in [3.05, 3.63) is 23.2 Å². The van der Waals surface area contributed by atoms with Gasteiger partial charge in [-0.25, -0.2) is 13.6 Å². The van der Waals surface area contributed by atoms with Gasteiger partial charge in [0.25, 0.3) is 0 Å². The van der Waals surface area contributed by atoms with E-state index in [4.69, 9.17) is 11.8 Å². The molecule has 0 radical (unpaired) electrons. The molecule has 0 unspecified atom stereocenters. The third-order valence-corrected chi connectivity index (χ3v) is 0.377. The molecule has 0 atom stereocenters. The van der Waals surface area contributed by atoms with Crippen molar-refractivity contribution in [1.82, 2.24) is 0 Å². The largest absolute Gasteiger partial charge is 0.377 e. The summed E-state index contributed by atoms with van der Waals surface area (Å²) in [6.45, 7) is 5.84. The maximum absolute atomic E-state index is 11.5. The molecule has 0 aliphatic heterocycles. The summed E-state index contributed by atoms with van der Waals surface area (Å²) in [4.78, 5) is 2.02. The second-order valence-corrected chi connectivity index (χ2v) is 0.828. The summed E-state index contributed by atoms with van der Waals surface area (Å²) in [6, 6.07) is 0.840. The van der Waals surface area contributed by atoms with E-state index < -0.39 is 11.8 Å². The van der Waals surface area contributed by atoms with Gasteiger partial charge in [-0.3, -0.25) is 0 Å². The number of hydrogen-bond acceptors (Lipinski definition) is 1. The third-order valence-electron chi connectivity index (χ3n) is 0.377. The fourth-order valence-electron chi connectivity index (χ4n) is 0.0952. The number of hydrogen-bond donors (Lipinski definition) is 0. The van der Waals surface area contributed by atoms with Gasteiger partial charge in [0.2, 0.25) is 5.83 Å². The highest BCUT2D eigenvalue weighted by molar-refractivity contribution is 5.19. The van der Waals surface area contributed by atoms with Gasteiger partial charge in [0.05, 0.1) is 6.57 Å². The quantitative estimate of drug-likeness (QED) is 0.266. The van der Waals surface area contributed by atoms with Crippen LogP contribution in [0.4, 0.5) is 8.78 Å². The standard InChI is InChI=1S/C4F2N2/c1-8-4(6)3(5)2-7. The van der Waals surface area contributed by atoms with Gasteiger partial charge in [0.1, 0.15) is 6.07 Å². The number of rotatable bonds is 0. The molecule has 0 aliphatic rings. The van der Waals surface area contributed by atoms with E-state index in [1.165, 1.54) is 0 Å². The van der Waals surface area contributed by atoms with Crippen molar-refractivity contribution in [3.8, 4) is 6.07 Å². The lowest BCUT2D eigenvalue weighted by Crippen LogP contribution is -1.66. The molecule has 0 aromatic rings. The zero-order chi connectivity index (χ0) is 6.57. The highest BCUT2D eigenvalue weighted by Gasteiger charge is 2.00. The number of nitriles is 1. The molecule has 40 valence electrons. The molecule has 0 aliphatic carbocycles. The summed E-state index contributed by atoms with van der Waals surface area (Å²) >= 11 is 0. The number of nitrogens with zero attached hydrogens (tertiary/aromatic N) is 2. The van der Waals surface area contributed by atoms with E-state index >= 15 is 0 Å². The van der Waals surface area contributed by atoms with Crippen molar-refractivity contribution in [2.75, 3.05) is 0 Å². The Labute approximate surface area is 44.5 Å². The minimum Gasteiger partial charge on any atom is -0.233 e. The summed E-state index contributed by atoms with van der Waals surface area (Å²) in [5, 5.41) is 7.57. The molecule has 0 rings (SSSR count). The molecule has 4 heteroatoms. The van der Waals surface area contributed by atoms with Crippen molar-refractivity contribution < 1.29 is 8.78 Å². The molecule has 0 N–H and O–H groups in total. The topological polar surface area (TPSA) is 28.1 Å². The molecule has 0 fully saturated rings. The SMILES string of the molecule is [C-]#[N+]C(F)=C(F)C#N. The minimum absolute atomic E-state index is 0.840. The van der Waals surface area contributed by atoms with Crippen LogP contribution in [0.1, 0.15) is 0 Å². The summed E-state index contributed by atoms with van der Waals surface area (Å²) in [6.07, 6.45) is 0. The number of allylic oxidation sites excluding steroid dienone is 1. The smallest absolute Gasteiger partial charge is 0.233 e. The molecule has 8 heavy (non-hydrogen) atoms. The van der Waals surface area contributed by atoms with Gasteiger partial charge in [-0.05, 0) is 0 Å². The van der Waals surface area contributed by atoms with Crippen molar-refractivity contribution >= 4 is 0 Å². The number of halogens is 2. The van der Waals surface area contributed by atoms with E-state index in [-0.39, 0.29) is 0 Å². The van der Waals surface area contributed by atoms with Gasteiger partial charge < -0.3 is 0 Å². The maximum Gasteiger partial charge on any atom is 0.377 e. The van der Waals surface area contributed by atoms with E-state index in [9.17, 15) is 8.78 Å². The Morgan fingerprint density at radius 3 is 2.25 bits per heavy atom. The van der Waals surface area contributed by atoms with Crippen LogP contribution in [0, 0.1) is 17.9 Å². The van der Waals surface area contributed by atoms with Crippen molar-refractivity contribution in [1.29, 1.82) is 5.26 Å². The second kappa shape index (κ2) is 2.70. The zero-order valence-corrected chi connectivity index (χ0v) is 3.65. The van der Waals surface area contributed by atoms with Gasteiger partial charge in [-0.2, -0.15) is 5.26 Å². The Kier molecular flexibility index (Phi) is 2.22. The van der Waals surface area contributed by atoms with Crippen LogP contribution in [-0.2, 0) is 0 Å². The van der Waals surface area contributed by atoms with Crippen molar-refractivity contribution in [2.45, 2.75) is 0 Å². The van der Waals surface area contributed by atoms with Crippen molar-refractivity contribution in [3.63, 3.8) is 0 Å². The average Bonchev–Trinajstić information content (AvgIpc) is 1.84. The molecular formula is C4F2N2. The Bertz CT molecular complexity index is 171. The molecule has 0 aromatic carbocycles. The lowest BCUT2D eigenvalue weighted by atomic mass is 10.6. The second-order valence-electron chi connectivity index (χ2n) is 0.828. The molecule has 0 saturated heterocycles. The molecule has 0 amide bonds. The first-order valence-electron chi connectivity index (χ1n) is 1.55. The Hall–Kier alpha value is -1.42. The zero-order valence-electron chi connectivity index (χ0n) is 3.65. The van der Waals surface area contributed by atoms with E-state index in [1.54, 1.807) is 0 Å². The Morgan fingerprint density at radius 2 is 2.12 bits per heavy atom. The van der Waals surface area contributed by atoms with Crippen LogP contribution in [0.15, 0.2) is 11.8 Å². The highest BCUT2D eigenvalue weighted by Crippen LogP contribution is 2.06. The Balaban J connectivity index is 4.41. The molecule has 0 spiro atoms. The van der Waals surface area contributed by atoms with Gasteiger partial charge in [-0.15, -0.1) is 0 Å². The third kappa shape index (κ3) is 1.36. The first-order valence-corrected chi connectivity index (χ1v) is 1.55. The molecular weight excluding hydrogens is 114 g/mol. The summed E-state index contributed by atoms with van der Waals surface area (Å²) in [5.41, 5.74) is 0. The van der Waals surface area contributed by atoms with E-state index in [2.05, 4.69) is 0 Å². The predicted octanol–water partition coefficient (Wildman–Crippen LogP) is 1.54. The van der Waals surface area contributed by atoms with Crippen LogP contribution < -0.4 is 0 Å². The van der Waals surface area contributed by atoms with Crippen LogP contribution in [0.5, 0.6) is 0 Å². The maximum atomic E-state index is 11.5. The van der Waals surface area contributed by atoms with Gasteiger partial charge >= 0.3 is 5.95 Å². The molecule has 2 nitrogen and oxygen atoms in total. The van der Waals surface area contributed by atoms with Crippen LogP contribution in [0.3, 0.4) is 0 Å². The average molecular weight is 114 g/mol. The first-order chi connectivity index (χ1) is 3.72. The van der Waals surface area contributed by atoms with Gasteiger partial charge in [0, 0.05) is 0 Å². The summed E-state index contributed by atoms with van der Waals surface area (Å²) in [7, 11) is 0. The molecule has 0 heterocycles. The molecule has 0 bridgehead atoms. The molecule has 0 aromatic heterocycles. The van der Waals surface area contributed by atoms with Gasteiger partial charge in [-0.1, -0.05) is 0 Å². The van der Waals surface area contributed by atoms with Gasteiger partial charge in [0.15, 0.2) is 0 Å². The fourth-order valence-corrected chi connectivity index (χ4v) is 0.0952. The highest BCUT2D eigenvalue weighted by atomic mass is 19.2. The van der Waals surface area contributed by atoms with E-state index in [0.29, 0.717) is 0 Å². The van der Waals surface area contributed by atoms with E-state index in [0.717, 1.165) is 6.07 Å². The fraction of sp³-hybridized carbons (Fsp3) is 0. The summed E-state index contributed by atoms with van der Waals surface area (Å²) < 4.78 is 22.9. The van der Waals surface area contributed by atoms with Crippen LogP contribution >= 0.6 is 0 Å². The first kappa shape index (κ1) is 6.58. The Morgan fingerprint density at radius 1 is 1.62 bits per heavy atom. The minimum atomic E-state index is -1.69. The lowest BCUT2D eigenvalue weighted by Gasteiger charge is -1.73. The molecule has 0 saturated carbocycles. The predicted molar refractivity (Wildman–Crippen MR) is 21.5 cm³/mol.